The molecule has 0 saturated carbocycles. The fraction of sp³-hybridized carbons (Fsp3) is 0.438. The van der Waals surface area contributed by atoms with E-state index in [0.717, 1.165) is 24.4 Å². The number of nitrogens with zero attached hydrogens (tertiary/aromatic N) is 2. The number of hydrogen-bond donors (Lipinski definition) is 1. The number of thioether (sulfide) groups is 1. The fourth-order valence-corrected chi connectivity index (χ4v) is 3.33. The van der Waals surface area contributed by atoms with Crippen LogP contribution in [0.4, 0.5) is 4.39 Å². The predicted octanol–water partition coefficient (Wildman–Crippen LogP) is 3.27. The second-order valence-electron chi connectivity index (χ2n) is 5.02. The Morgan fingerprint density at radius 1 is 1.38 bits per heavy atom. The average molecular weight is 307 g/mol. The molecule has 1 N–H and O–H groups in total. The number of nitrogens with one attached hydrogen (secondary N) is 1. The van der Waals surface area contributed by atoms with Gasteiger partial charge in [-0.3, -0.25) is 4.68 Å². The van der Waals surface area contributed by atoms with Crippen LogP contribution in [-0.4, -0.2) is 28.6 Å². The molecule has 0 aliphatic heterocycles. The Balaban J connectivity index is 1.98. The Morgan fingerprint density at radius 2 is 2.14 bits per heavy atom. The monoisotopic (exact) mass is 307 g/mol. The normalized spacial score (nSPS) is 12.6. The largest absolute Gasteiger partial charge is 0.316 e. The minimum atomic E-state index is -0.146. The van der Waals surface area contributed by atoms with Crippen LogP contribution in [0.2, 0.25) is 0 Å². The highest BCUT2D eigenvalue weighted by Gasteiger charge is 2.13. The van der Waals surface area contributed by atoms with E-state index in [2.05, 4.69) is 23.4 Å². The van der Waals surface area contributed by atoms with E-state index >= 15 is 0 Å². The van der Waals surface area contributed by atoms with Crippen LogP contribution in [0, 0.1) is 12.7 Å². The second kappa shape index (κ2) is 7.61. The van der Waals surface area contributed by atoms with Crippen LogP contribution in [0.15, 0.2) is 35.2 Å². The van der Waals surface area contributed by atoms with Gasteiger partial charge in [-0.15, -0.1) is 11.8 Å². The summed E-state index contributed by atoms with van der Waals surface area (Å²) in [7, 11) is 1.95. The van der Waals surface area contributed by atoms with E-state index in [4.69, 9.17) is 0 Å². The molecule has 0 amide bonds. The molecule has 0 fully saturated rings. The molecular formula is C16H22FN3S. The number of rotatable bonds is 7. The number of halogens is 1. The van der Waals surface area contributed by atoms with E-state index in [9.17, 15) is 4.39 Å². The molecule has 2 rings (SSSR count). The molecule has 1 unspecified atom stereocenters. The maximum absolute atomic E-state index is 13.6. The lowest BCUT2D eigenvalue weighted by Gasteiger charge is -2.16. The standard InChI is InChI=1S/C16H22FN3S/c1-4-20-14(9-12(2)19-20)10-13(18-3)11-21-16-8-6-5-7-15(16)17/h5-9,13,18H,4,10-11H2,1-3H3. The average Bonchev–Trinajstić information content (AvgIpc) is 2.84. The first-order chi connectivity index (χ1) is 10.1. The first-order valence-corrected chi connectivity index (χ1v) is 8.20. The molecule has 3 nitrogen and oxygen atoms in total. The van der Waals surface area contributed by atoms with E-state index in [0.29, 0.717) is 4.90 Å². The van der Waals surface area contributed by atoms with E-state index in [-0.39, 0.29) is 11.9 Å². The summed E-state index contributed by atoms with van der Waals surface area (Å²) in [5.74, 6) is 0.678. The summed E-state index contributed by atoms with van der Waals surface area (Å²) in [5.41, 5.74) is 2.27. The highest BCUT2D eigenvalue weighted by molar-refractivity contribution is 7.99. The fourth-order valence-electron chi connectivity index (χ4n) is 2.29. The van der Waals surface area contributed by atoms with E-state index in [1.807, 2.05) is 30.8 Å². The van der Waals surface area contributed by atoms with Gasteiger partial charge >= 0.3 is 0 Å². The molecule has 114 valence electrons. The van der Waals surface area contributed by atoms with Crippen molar-refractivity contribution in [1.29, 1.82) is 0 Å². The van der Waals surface area contributed by atoms with Crippen molar-refractivity contribution in [2.45, 2.75) is 37.8 Å². The minimum Gasteiger partial charge on any atom is -0.316 e. The quantitative estimate of drug-likeness (QED) is 0.796. The summed E-state index contributed by atoms with van der Waals surface area (Å²) in [4.78, 5) is 0.706. The van der Waals surface area contributed by atoms with Crippen LogP contribution >= 0.6 is 11.8 Å². The van der Waals surface area contributed by atoms with Crippen molar-refractivity contribution in [2.75, 3.05) is 12.8 Å². The van der Waals surface area contributed by atoms with Crippen LogP contribution in [0.5, 0.6) is 0 Å². The summed E-state index contributed by atoms with van der Waals surface area (Å²) in [5, 5.41) is 7.79. The molecule has 0 spiro atoms. The van der Waals surface area contributed by atoms with Crippen LogP contribution in [0.1, 0.15) is 18.3 Å². The van der Waals surface area contributed by atoms with Crippen molar-refractivity contribution in [3.63, 3.8) is 0 Å². The number of hydrogen-bond acceptors (Lipinski definition) is 3. The number of benzene rings is 1. The molecular weight excluding hydrogens is 285 g/mol. The van der Waals surface area contributed by atoms with Crippen LogP contribution in [0.3, 0.4) is 0 Å². The zero-order chi connectivity index (χ0) is 15.2. The van der Waals surface area contributed by atoms with Gasteiger partial charge in [0.2, 0.25) is 0 Å². The Labute approximate surface area is 129 Å². The van der Waals surface area contributed by atoms with Gasteiger partial charge in [-0.25, -0.2) is 4.39 Å². The molecule has 0 radical (unpaired) electrons. The van der Waals surface area contributed by atoms with Crippen molar-refractivity contribution in [2.24, 2.45) is 0 Å². The maximum atomic E-state index is 13.6. The van der Waals surface area contributed by atoms with Crippen molar-refractivity contribution >= 4 is 11.8 Å². The van der Waals surface area contributed by atoms with E-state index in [1.54, 1.807) is 17.8 Å². The number of likely N-dealkylation sites (N-methyl/N-ethyl adjacent to an activating group) is 1. The molecule has 2 aromatic rings. The molecule has 1 aromatic heterocycles. The van der Waals surface area contributed by atoms with Gasteiger partial charge in [-0.1, -0.05) is 12.1 Å². The van der Waals surface area contributed by atoms with Gasteiger partial charge in [0, 0.05) is 35.3 Å². The lowest BCUT2D eigenvalue weighted by Crippen LogP contribution is -2.31. The van der Waals surface area contributed by atoms with Crippen LogP contribution in [0.25, 0.3) is 0 Å². The Kier molecular flexibility index (Phi) is 5.82. The molecule has 1 heterocycles. The molecule has 1 aromatic carbocycles. The first-order valence-electron chi connectivity index (χ1n) is 7.22. The molecule has 1 atom stereocenters. The van der Waals surface area contributed by atoms with Gasteiger partial charge in [0.1, 0.15) is 5.82 Å². The van der Waals surface area contributed by atoms with Crippen molar-refractivity contribution in [3.05, 3.63) is 47.5 Å². The highest BCUT2D eigenvalue weighted by Crippen LogP contribution is 2.22. The maximum Gasteiger partial charge on any atom is 0.136 e. The van der Waals surface area contributed by atoms with Gasteiger partial charge in [0.15, 0.2) is 0 Å². The number of aryl methyl sites for hydroxylation is 2. The third kappa shape index (κ3) is 4.32. The lowest BCUT2D eigenvalue weighted by molar-refractivity contribution is 0.555. The molecule has 21 heavy (non-hydrogen) atoms. The first kappa shape index (κ1) is 16.0. The van der Waals surface area contributed by atoms with Crippen molar-refractivity contribution in [3.8, 4) is 0 Å². The lowest BCUT2D eigenvalue weighted by atomic mass is 10.2. The van der Waals surface area contributed by atoms with Crippen LogP contribution < -0.4 is 5.32 Å². The highest BCUT2D eigenvalue weighted by atomic mass is 32.2. The third-order valence-electron chi connectivity index (χ3n) is 3.43. The number of aromatic nitrogens is 2. The second-order valence-corrected chi connectivity index (χ2v) is 6.09. The summed E-state index contributed by atoms with van der Waals surface area (Å²) < 4.78 is 15.7. The SMILES string of the molecule is CCn1nc(C)cc1CC(CSc1ccccc1F)NC. The van der Waals surface area contributed by atoms with E-state index < -0.39 is 0 Å². The smallest absolute Gasteiger partial charge is 0.136 e. The van der Waals surface area contributed by atoms with E-state index in [1.165, 1.54) is 11.8 Å². The molecule has 0 aliphatic carbocycles. The summed E-state index contributed by atoms with van der Waals surface area (Å²) >= 11 is 1.55. The van der Waals surface area contributed by atoms with Crippen LogP contribution in [-0.2, 0) is 13.0 Å². The summed E-state index contributed by atoms with van der Waals surface area (Å²) in [6.45, 7) is 4.98. The minimum absolute atomic E-state index is 0.146. The van der Waals surface area contributed by atoms with Crippen molar-refractivity contribution in [1.82, 2.24) is 15.1 Å². The van der Waals surface area contributed by atoms with Gasteiger partial charge in [0.25, 0.3) is 0 Å². The zero-order valence-corrected chi connectivity index (χ0v) is 13.6. The Hall–Kier alpha value is -1.33. The molecule has 0 bridgehead atoms. The molecule has 5 heteroatoms. The van der Waals surface area contributed by atoms with Gasteiger partial charge < -0.3 is 5.32 Å². The molecule has 0 saturated heterocycles. The topological polar surface area (TPSA) is 29.9 Å². The predicted molar refractivity (Wildman–Crippen MR) is 86.3 cm³/mol. The Bertz CT molecular complexity index is 583. The van der Waals surface area contributed by atoms with Crippen molar-refractivity contribution < 1.29 is 4.39 Å². The third-order valence-corrected chi connectivity index (χ3v) is 4.64. The Morgan fingerprint density at radius 3 is 2.81 bits per heavy atom. The molecule has 0 aliphatic rings. The summed E-state index contributed by atoms with van der Waals surface area (Å²) in [6.07, 6.45) is 0.895. The zero-order valence-electron chi connectivity index (χ0n) is 12.8. The summed E-state index contributed by atoms with van der Waals surface area (Å²) in [6, 6.07) is 9.34. The van der Waals surface area contributed by atoms with Gasteiger partial charge in [-0.05, 0) is 39.1 Å². The van der Waals surface area contributed by atoms with Gasteiger partial charge in [-0.2, -0.15) is 5.10 Å². The van der Waals surface area contributed by atoms with Gasteiger partial charge in [0.05, 0.1) is 5.69 Å².